The van der Waals surface area contributed by atoms with Crippen molar-refractivity contribution >= 4 is 11.9 Å². The van der Waals surface area contributed by atoms with Crippen LogP contribution in [0, 0.1) is 11.6 Å². The summed E-state index contributed by atoms with van der Waals surface area (Å²) in [5.41, 5.74) is -0.0501. The lowest BCUT2D eigenvalue weighted by Gasteiger charge is -2.14. The van der Waals surface area contributed by atoms with Gasteiger partial charge in [0.05, 0.1) is 0 Å². The summed E-state index contributed by atoms with van der Waals surface area (Å²) < 4.78 is 50.5. The number of amides is 1. The van der Waals surface area contributed by atoms with Crippen molar-refractivity contribution in [3.63, 3.8) is 0 Å². The van der Waals surface area contributed by atoms with E-state index in [0.717, 1.165) is 6.07 Å². The molecule has 0 saturated heterocycles. The van der Waals surface area contributed by atoms with Gasteiger partial charge < -0.3 is 10.4 Å². The largest absolute Gasteiger partial charge is 0.480 e. The zero-order valence-electron chi connectivity index (χ0n) is 10.8. The van der Waals surface area contributed by atoms with Crippen LogP contribution in [0.15, 0.2) is 18.2 Å². The Labute approximate surface area is 117 Å². The highest BCUT2D eigenvalue weighted by Crippen LogP contribution is 2.13. The van der Waals surface area contributed by atoms with Gasteiger partial charge in [0.2, 0.25) is 12.3 Å². The Morgan fingerprint density at radius 2 is 1.90 bits per heavy atom. The van der Waals surface area contributed by atoms with Crippen LogP contribution in [0.1, 0.15) is 18.4 Å². The number of alkyl halides is 2. The minimum Gasteiger partial charge on any atom is -0.480 e. The van der Waals surface area contributed by atoms with Crippen LogP contribution < -0.4 is 5.32 Å². The predicted octanol–water partition coefficient (Wildman–Crippen LogP) is 2.12. The number of halogens is 4. The zero-order valence-corrected chi connectivity index (χ0v) is 10.8. The van der Waals surface area contributed by atoms with Crippen molar-refractivity contribution in [1.82, 2.24) is 5.32 Å². The Morgan fingerprint density at radius 1 is 1.24 bits per heavy atom. The number of nitrogens with one attached hydrogen (secondary N) is 1. The molecule has 0 heterocycles. The van der Waals surface area contributed by atoms with Crippen molar-refractivity contribution in [2.45, 2.75) is 31.7 Å². The van der Waals surface area contributed by atoms with Gasteiger partial charge >= 0.3 is 5.97 Å². The van der Waals surface area contributed by atoms with Crippen LogP contribution in [-0.2, 0) is 16.0 Å². The maximum atomic E-state index is 13.3. The summed E-state index contributed by atoms with van der Waals surface area (Å²) in [7, 11) is 0. The number of carbonyl (C=O) groups excluding carboxylic acids is 1. The number of hydrogen-bond acceptors (Lipinski definition) is 2. The summed E-state index contributed by atoms with van der Waals surface area (Å²) >= 11 is 0. The SMILES string of the molecule is O=C(CCc1cccc(F)c1F)NC(CC(F)F)C(=O)O. The van der Waals surface area contributed by atoms with Gasteiger partial charge in [-0.05, 0) is 18.1 Å². The molecule has 0 fully saturated rings. The standard InChI is InChI=1S/C13H13F4NO3/c14-8-3-1-2-7(12(8)17)4-5-11(19)18-9(13(20)21)6-10(15)16/h1-3,9-10H,4-6H2,(H,18,19)(H,20,21). The second-order valence-electron chi connectivity index (χ2n) is 4.30. The van der Waals surface area contributed by atoms with Gasteiger partial charge in [-0.3, -0.25) is 4.79 Å². The van der Waals surface area contributed by atoms with E-state index in [4.69, 9.17) is 5.11 Å². The first-order chi connectivity index (χ1) is 9.81. The van der Waals surface area contributed by atoms with Gasteiger partial charge in [-0.15, -0.1) is 0 Å². The van der Waals surface area contributed by atoms with Crippen LogP contribution in [-0.4, -0.2) is 29.5 Å². The Bertz CT molecular complexity index is 522. The zero-order chi connectivity index (χ0) is 16.0. The molecule has 0 spiro atoms. The fourth-order valence-electron chi connectivity index (χ4n) is 1.66. The monoisotopic (exact) mass is 307 g/mol. The molecule has 2 N–H and O–H groups in total. The van der Waals surface area contributed by atoms with Crippen molar-refractivity contribution in [2.75, 3.05) is 0 Å². The number of carboxylic acids is 1. The second kappa shape index (κ2) is 7.61. The molecule has 0 aliphatic heterocycles. The van der Waals surface area contributed by atoms with Gasteiger partial charge in [0.25, 0.3) is 0 Å². The van der Waals surface area contributed by atoms with Crippen LogP contribution in [0.3, 0.4) is 0 Å². The molecule has 8 heteroatoms. The van der Waals surface area contributed by atoms with Gasteiger partial charge in [0.1, 0.15) is 6.04 Å². The molecule has 0 aromatic heterocycles. The number of carboxylic acid groups (broad SMARTS) is 1. The molecule has 4 nitrogen and oxygen atoms in total. The molecule has 0 radical (unpaired) electrons. The Balaban J connectivity index is 2.57. The molecule has 0 aliphatic rings. The van der Waals surface area contributed by atoms with Crippen LogP contribution in [0.5, 0.6) is 0 Å². The molecule has 1 aromatic rings. The maximum absolute atomic E-state index is 13.3. The van der Waals surface area contributed by atoms with Crippen LogP contribution in [0.2, 0.25) is 0 Å². The molecule has 116 valence electrons. The van der Waals surface area contributed by atoms with E-state index in [1.165, 1.54) is 12.1 Å². The van der Waals surface area contributed by atoms with E-state index in [1.807, 2.05) is 5.32 Å². The lowest BCUT2D eigenvalue weighted by Crippen LogP contribution is -2.42. The highest BCUT2D eigenvalue weighted by molar-refractivity contribution is 5.83. The molecule has 1 rings (SSSR count). The number of carbonyl (C=O) groups is 2. The Morgan fingerprint density at radius 3 is 2.48 bits per heavy atom. The third-order valence-electron chi connectivity index (χ3n) is 2.70. The van der Waals surface area contributed by atoms with Gasteiger partial charge in [0, 0.05) is 12.8 Å². The maximum Gasteiger partial charge on any atom is 0.326 e. The molecule has 1 unspecified atom stereocenters. The lowest BCUT2D eigenvalue weighted by molar-refractivity contribution is -0.143. The molecule has 0 bridgehead atoms. The number of benzene rings is 1. The van der Waals surface area contributed by atoms with E-state index < -0.39 is 42.4 Å². The summed E-state index contributed by atoms with van der Waals surface area (Å²) in [5, 5.41) is 10.6. The molecule has 1 aromatic carbocycles. The quantitative estimate of drug-likeness (QED) is 0.758. The topological polar surface area (TPSA) is 66.4 Å². The smallest absolute Gasteiger partial charge is 0.326 e. The highest BCUT2D eigenvalue weighted by atomic mass is 19.3. The van der Waals surface area contributed by atoms with Gasteiger partial charge in [0.15, 0.2) is 11.6 Å². The molecular weight excluding hydrogens is 294 g/mol. The summed E-state index contributed by atoms with van der Waals surface area (Å²) in [6.07, 6.45) is -4.41. The van der Waals surface area contributed by atoms with Gasteiger partial charge in [-0.2, -0.15) is 0 Å². The third kappa shape index (κ3) is 5.41. The van der Waals surface area contributed by atoms with Crippen LogP contribution in [0.4, 0.5) is 17.6 Å². The minimum absolute atomic E-state index is 0.0501. The van der Waals surface area contributed by atoms with Crippen molar-refractivity contribution in [3.8, 4) is 0 Å². The normalized spacial score (nSPS) is 12.2. The van der Waals surface area contributed by atoms with Crippen molar-refractivity contribution < 1.29 is 32.3 Å². The molecule has 0 aliphatic carbocycles. The first-order valence-electron chi connectivity index (χ1n) is 6.04. The van der Waals surface area contributed by atoms with E-state index in [9.17, 15) is 27.2 Å². The molecule has 21 heavy (non-hydrogen) atoms. The summed E-state index contributed by atoms with van der Waals surface area (Å²) in [5.74, 6) is -4.56. The second-order valence-corrected chi connectivity index (χ2v) is 4.30. The molecule has 0 saturated carbocycles. The van der Waals surface area contributed by atoms with E-state index >= 15 is 0 Å². The first-order valence-corrected chi connectivity index (χ1v) is 6.04. The van der Waals surface area contributed by atoms with E-state index in [-0.39, 0.29) is 18.4 Å². The Kier molecular flexibility index (Phi) is 6.13. The van der Waals surface area contributed by atoms with Crippen molar-refractivity contribution in [1.29, 1.82) is 0 Å². The average Bonchev–Trinajstić information content (AvgIpc) is 2.39. The van der Waals surface area contributed by atoms with Crippen molar-refractivity contribution in [3.05, 3.63) is 35.4 Å². The van der Waals surface area contributed by atoms with Gasteiger partial charge in [-0.1, -0.05) is 12.1 Å². The van der Waals surface area contributed by atoms with Crippen LogP contribution >= 0.6 is 0 Å². The molecule has 1 amide bonds. The lowest BCUT2D eigenvalue weighted by atomic mass is 10.1. The van der Waals surface area contributed by atoms with Gasteiger partial charge in [-0.25, -0.2) is 22.4 Å². The first kappa shape index (κ1) is 16.9. The van der Waals surface area contributed by atoms with E-state index in [2.05, 4.69) is 0 Å². The number of aryl methyl sites for hydroxylation is 1. The average molecular weight is 307 g/mol. The third-order valence-corrected chi connectivity index (χ3v) is 2.70. The fourth-order valence-corrected chi connectivity index (χ4v) is 1.66. The molecule has 1 atom stereocenters. The van der Waals surface area contributed by atoms with Crippen molar-refractivity contribution in [2.24, 2.45) is 0 Å². The summed E-state index contributed by atoms with van der Waals surface area (Å²) in [4.78, 5) is 22.2. The predicted molar refractivity (Wildman–Crippen MR) is 64.9 cm³/mol. The van der Waals surface area contributed by atoms with Crippen LogP contribution in [0.25, 0.3) is 0 Å². The number of hydrogen-bond donors (Lipinski definition) is 2. The number of rotatable bonds is 7. The fraction of sp³-hybridized carbons (Fsp3) is 0.385. The summed E-state index contributed by atoms with van der Waals surface area (Å²) in [6.45, 7) is 0. The van der Waals surface area contributed by atoms with E-state index in [1.54, 1.807) is 0 Å². The number of aliphatic carboxylic acids is 1. The molecular formula is C13H13F4NO3. The minimum atomic E-state index is -2.88. The Hall–Kier alpha value is -2.12. The van der Waals surface area contributed by atoms with E-state index in [0.29, 0.717) is 0 Å². The summed E-state index contributed by atoms with van der Waals surface area (Å²) in [6, 6.07) is 1.75. The highest BCUT2D eigenvalue weighted by Gasteiger charge is 2.24.